The summed E-state index contributed by atoms with van der Waals surface area (Å²) in [4.78, 5) is 9.09. The van der Waals surface area contributed by atoms with Crippen LogP contribution in [-0.4, -0.2) is 16.5 Å². The fraction of sp³-hybridized carbons (Fsp3) is 0.412. The zero-order valence-corrected chi connectivity index (χ0v) is 12.9. The summed E-state index contributed by atoms with van der Waals surface area (Å²) in [7, 11) is 0. The van der Waals surface area contributed by atoms with E-state index in [0.29, 0.717) is 11.9 Å². The first-order chi connectivity index (χ1) is 10.1. The van der Waals surface area contributed by atoms with Gasteiger partial charge in [0.1, 0.15) is 0 Å². The van der Waals surface area contributed by atoms with Gasteiger partial charge in [-0.25, -0.2) is 9.97 Å². The molecule has 0 bridgehead atoms. The summed E-state index contributed by atoms with van der Waals surface area (Å²) < 4.78 is 0. The van der Waals surface area contributed by atoms with Gasteiger partial charge in [0.25, 0.3) is 0 Å². The molecule has 2 N–H and O–H groups in total. The van der Waals surface area contributed by atoms with Crippen molar-refractivity contribution in [2.45, 2.75) is 39.5 Å². The third-order valence-corrected chi connectivity index (χ3v) is 3.77. The van der Waals surface area contributed by atoms with Crippen LogP contribution >= 0.6 is 0 Å². The number of benzene rings is 1. The van der Waals surface area contributed by atoms with Gasteiger partial charge >= 0.3 is 0 Å². The molecule has 0 radical (unpaired) electrons. The lowest BCUT2D eigenvalue weighted by molar-refractivity contribution is 0.812. The van der Waals surface area contributed by atoms with E-state index in [1.165, 1.54) is 17.7 Å². The number of anilines is 3. The number of aryl methyl sites for hydroxylation is 2. The molecule has 0 aliphatic carbocycles. The molecule has 0 saturated carbocycles. The van der Waals surface area contributed by atoms with Crippen molar-refractivity contribution in [3.8, 4) is 0 Å². The summed E-state index contributed by atoms with van der Waals surface area (Å²) in [5, 5.41) is 6.77. The van der Waals surface area contributed by atoms with Crippen molar-refractivity contribution in [1.82, 2.24) is 9.97 Å². The molecule has 1 aromatic carbocycles. The highest BCUT2D eigenvalue weighted by Crippen LogP contribution is 2.26. The van der Waals surface area contributed by atoms with E-state index < -0.39 is 0 Å². The van der Waals surface area contributed by atoms with Crippen LogP contribution in [0.15, 0.2) is 24.3 Å². The van der Waals surface area contributed by atoms with Crippen LogP contribution in [0.2, 0.25) is 0 Å². The van der Waals surface area contributed by atoms with Crippen LogP contribution in [0.25, 0.3) is 0 Å². The molecule has 2 heterocycles. The predicted molar refractivity (Wildman–Crippen MR) is 87.4 cm³/mol. The summed E-state index contributed by atoms with van der Waals surface area (Å²) in [6, 6.07) is 8.46. The van der Waals surface area contributed by atoms with Crippen LogP contribution in [0.5, 0.6) is 0 Å². The van der Waals surface area contributed by atoms with E-state index >= 15 is 0 Å². The Labute approximate surface area is 126 Å². The van der Waals surface area contributed by atoms with Gasteiger partial charge in [0, 0.05) is 29.3 Å². The lowest BCUT2D eigenvalue weighted by Crippen LogP contribution is -2.11. The molecule has 1 aliphatic heterocycles. The number of fused-ring (bicyclic) bond motifs is 1. The standard InChI is InChI=1S/C17H22N4/c1-11(2)16-9-12(3)19-17(21-16)20-14-6-7-15-13(10-14)5-4-8-18-15/h6-7,9-11,18H,4-5,8H2,1-3H3,(H,19,20,21). The van der Waals surface area contributed by atoms with E-state index in [0.717, 1.165) is 30.0 Å². The highest BCUT2D eigenvalue weighted by molar-refractivity contribution is 5.63. The van der Waals surface area contributed by atoms with Crippen LogP contribution in [0.1, 0.15) is 43.1 Å². The van der Waals surface area contributed by atoms with Crippen molar-refractivity contribution < 1.29 is 0 Å². The number of nitrogens with one attached hydrogen (secondary N) is 2. The third kappa shape index (κ3) is 3.15. The molecular weight excluding hydrogens is 260 g/mol. The van der Waals surface area contributed by atoms with Crippen LogP contribution in [0, 0.1) is 6.92 Å². The van der Waals surface area contributed by atoms with Crippen molar-refractivity contribution in [3.05, 3.63) is 41.2 Å². The molecule has 0 atom stereocenters. The normalized spacial score (nSPS) is 13.7. The monoisotopic (exact) mass is 282 g/mol. The van der Waals surface area contributed by atoms with Gasteiger partial charge in [0.05, 0.1) is 0 Å². The van der Waals surface area contributed by atoms with Crippen LogP contribution in [0.3, 0.4) is 0 Å². The van der Waals surface area contributed by atoms with Crippen molar-refractivity contribution in [2.75, 3.05) is 17.2 Å². The minimum absolute atomic E-state index is 0.403. The van der Waals surface area contributed by atoms with Crippen molar-refractivity contribution in [2.24, 2.45) is 0 Å². The Morgan fingerprint density at radius 3 is 2.86 bits per heavy atom. The van der Waals surface area contributed by atoms with Gasteiger partial charge < -0.3 is 10.6 Å². The molecule has 4 nitrogen and oxygen atoms in total. The fourth-order valence-corrected chi connectivity index (χ4v) is 2.63. The Kier molecular flexibility index (Phi) is 3.78. The van der Waals surface area contributed by atoms with Crippen molar-refractivity contribution in [3.63, 3.8) is 0 Å². The largest absolute Gasteiger partial charge is 0.385 e. The van der Waals surface area contributed by atoms with Crippen LogP contribution in [-0.2, 0) is 6.42 Å². The van der Waals surface area contributed by atoms with E-state index in [4.69, 9.17) is 0 Å². The first-order valence-corrected chi connectivity index (χ1v) is 7.61. The average Bonchev–Trinajstić information content (AvgIpc) is 2.46. The van der Waals surface area contributed by atoms with E-state index in [9.17, 15) is 0 Å². The molecule has 0 amide bonds. The average molecular weight is 282 g/mol. The SMILES string of the molecule is Cc1cc(C(C)C)nc(Nc2ccc3c(c2)CCCN3)n1. The molecule has 0 saturated heterocycles. The topological polar surface area (TPSA) is 49.8 Å². The second-order valence-electron chi connectivity index (χ2n) is 5.94. The highest BCUT2D eigenvalue weighted by atomic mass is 15.1. The molecule has 1 aliphatic rings. The molecule has 0 spiro atoms. The van der Waals surface area contributed by atoms with E-state index in [1.54, 1.807) is 0 Å². The summed E-state index contributed by atoms with van der Waals surface area (Å²) in [6.07, 6.45) is 2.32. The Hall–Kier alpha value is -2.10. The number of hydrogen-bond acceptors (Lipinski definition) is 4. The number of hydrogen-bond donors (Lipinski definition) is 2. The maximum atomic E-state index is 4.60. The van der Waals surface area contributed by atoms with Gasteiger partial charge in [0.2, 0.25) is 5.95 Å². The zero-order valence-electron chi connectivity index (χ0n) is 12.9. The van der Waals surface area contributed by atoms with Gasteiger partial charge in [0.15, 0.2) is 0 Å². The summed E-state index contributed by atoms with van der Waals surface area (Å²) in [5.74, 6) is 1.09. The van der Waals surface area contributed by atoms with Crippen LogP contribution < -0.4 is 10.6 Å². The lowest BCUT2D eigenvalue weighted by atomic mass is 10.0. The molecule has 4 heteroatoms. The molecule has 110 valence electrons. The quantitative estimate of drug-likeness (QED) is 0.893. The summed E-state index contributed by atoms with van der Waals surface area (Å²) in [5.41, 5.74) is 5.74. The number of rotatable bonds is 3. The van der Waals surface area contributed by atoms with E-state index in [1.807, 2.05) is 13.0 Å². The van der Waals surface area contributed by atoms with Crippen LogP contribution in [0.4, 0.5) is 17.3 Å². The third-order valence-electron chi connectivity index (χ3n) is 3.77. The summed E-state index contributed by atoms with van der Waals surface area (Å²) in [6.45, 7) is 7.38. The summed E-state index contributed by atoms with van der Waals surface area (Å²) >= 11 is 0. The molecule has 0 unspecified atom stereocenters. The second kappa shape index (κ2) is 5.72. The minimum Gasteiger partial charge on any atom is -0.385 e. The van der Waals surface area contributed by atoms with Crippen molar-refractivity contribution in [1.29, 1.82) is 0 Å². The van der Waals surface area contributed by atoms with E-state index in [2.05, 4.69) is 52.6 Å². The Morgan fingerprint density at radius 2 is 2.05 bits per heavy atom. The Bertz CT molecular complexity index is 649. The predicted octanol–water partition coefficient (Wildman–Crippen LogP) is 4.01. The number of nitrogens with zero attached hydrogens (tertiary/aromatic N) is 2. The number of aromatic nitrogens is 2. The first-order valence-electron chi connectivity index (χ1n) is 7.61. The molecule has 3 rings (SSSR count). The second-order valence-corrected chi connectivity index (χ2v) is 5.94. The Balaban J connectivity index is 1.86. The molecular formula is C17H22N4. The zero-order chi connectivity index (χ0) is 14.8. The highest BCUT2D eigenvalue weighted by Gasteiger charge is 2.10. The van der Waals surface area contributed by atoms with Gasteiger partial charge in [-0.2, -0.15) is 0 Å². The Morgan fingerprint density at radius 1 is 1.19 bits per heavy atom. The van der Waals surface area contributed by atoms with Crippen molar-refractivity contribution >= 4 is 17.3 Å². The van der Waals surface area contributed by atoms with Gasteiger partial charge in [-0.1, -0.05) is 13.8 Å². The molecule has 2 aromatic rings. The van der Waals surface area contributed by atoms with Gasteiger partial charge in [-0.05, 0) is 55.5 Å². The molecule has 0 fully saturated rings. The lowest BCUT2D eigenvalue weighted by Gasteiger charge is -2.19. The maximum absolute atomic E-state index is 4.60. The van der Waals surface area contributed by atoms with Gasteiger partial charge in [-0.15, -0.1) is 0 Å². The first kappa shape index (κ1) is 13.9. The minimum atomic E-state index is 0.403. The smallest absolute Gasteiger partial charge is 0.227 e. The maximum Gasteiger partial charge on any atom is 0.227 e. The van der Waals surface area contributed by atoms with E-state index in [-0.39, 0.29) is 0 Å². The van der Waals surface area contributed by atoms with Gasteiger partial charge in [-0.3, -0.25) is 0 Å². The fourth-order valence-electron chi connectivity index (χ4n) is 2.63. The molecule has 1 aromatic heterocycles. The molecule has 21 heavy (non-hydrogen) atoms.